The highest BCUT2D eigenvalue weighted by molar-refractivity contribution is 7.99. The van der Waals surface area contributed by atoms with Crippen LogP contribution in [0, 0.1) is 5.82 Å². The summed E-state index contributed by atoms with van der Waals surface area (Å²) >= 11 is 5.84. The number of alkyl halides is 6. The Kier molecular flexibility index (Phi) is 6.19. The molecule has 1 aromatic rings. The molecule has 0 bridgehead atoms. The Balaban J connectivity index is 3.26. The van der Waals surface area contributed by atoms with Gasteiger partial charge in [-0.25, -0.2) is 9.38 Å². The molecule has 2 nitrogen and oxygen atoms in total. The average molecular weight is 383 g/mol. The van der Waals surface area contributed by atoms with Crippen molar-refractivity contribution in [2.75, 3.05) is 19.8 Å². The highest BCUT2D eigenvalue weighted by Crippen LogP contribution is 2.36. The first-order valence-corrected chi connectivity index (χ1v) is 7.19. The van der Waals surface area contributed by atoms with E-state index >= 15 is 0 Å². The van der Waals surface area contributed by atoms with Gasteiger partial charge in [0.2, 0.25) is 5.84 Å². The first-order chi connectivity index (χ1) is 10.3. The smallest absolute Gasteiger partial charge is 0.359 e. The van der Waals surface area contributed by atoms with Gasteiger partial charge in [0.1, 0.15) is 11.5 Å². The summed E-state index contributed by atoms with van der Waals surface area (Å²) in [5.74, 6) is -3.89. The Labute approximate surface area is 136 Å². The molecule has 1 aromatic carbocycles. The number of rotatable bonds is 3. The molecule has 0 saturated heterocycles. The summed E-state index contributed by atoms with van der Waals surface area (Å²) in [4.78, 5) is 3.57. The van der Waals surface area contributed by atoms with Gasteiger partial charge in [0, 0.05) is 19.0 Å². The second-order valence-corrected chi connectivity index (χ2v) is 5.89. The quantitative estimate of drug-likeness (QED) is 0.305. The van der Waals surface area contributed by atoms with E-state index < -0.39 is 35.4 Å². The number of thioether (sulfide) groups is 1. The molecule has 0 aromatic heterocycles. The number of aliphatic imine (C=N–C) groups is 1. The number of hydrogen-bond donors (Lipinski definition) is 0. The molecule has 23 heavy (non-hydrogen) atoms. The van der Waals surface area contributed by atoms with E-state index in [1.807, 2.05) is 0 Å². The van der Waals surface area contributed by atoms with Crippen LogP contribution in [0.3, 0.4) is 0 Å². The zero-order valence-electron chi connectivity index (χ0n) is 11.7. The summed E-state index contributed by atoms with van der Waals surface area (Å²) in [5.41, 5.74) is -0.750. The topological polar surface area (TPSA) is 15.6 Å². The van der Waals surface area contributed by atoms with Crippen LogP contribution in [0.1, 0.15) is 0 Å². The van der Waals surface area contributed by atoms with Crippen LogP contribution in [0.25, 0.3) is 0 Å². The second-order valence-electron chi connectivity index (χ2n) is 4.47. The Morgan fingerprint density at radius 3 is 2.17 bits per heavy atom. The lowest BCUT2D eigenvalue weighted by Crippen LogP contribution is -2.36. The molecular formula is C12H10ClF7N2S. The molecule has 0 radical (unpaired) electrons. The molecular weight excluding hydrogens is 373 g/mol. The summed E-state index contributed by atoms with van der Waals surface area (Å²) < 4.78 is 88.7. The predicted octanol–water partition coefficient (Wildman–Crippen LogP) is 5.29. The van der Waals surface area contributed by atoms with E-state index in [0.717, 1.165) is 20.2 Å². The third-order valence-electron chi connectivity index (χ3n) is 2.30. The molecule has 0 aliphatic rings. The van der Waals surface area contributed by atoms with Gasteiger partial charge in [-0.3, -0.25) is 0 Å². The third kappa shape index (κ3) is 6.09. The predicted molar refractivity (Wildman–Crippen MR) is 75.0 cm³/mol. The minimum absolute atomic E-state index is 0.218. The van der Waals surface area contributed by atoms with Crippen molar-refractivity contribution in [1.82, 2.24) is 4.90 Å². The van der Waals surface area contributed by atoms with Crippen molar-refractivity contribution in [3.05, 3.63) is 23.0 Å². The van der Waals surface area contributed by atoms with Gasteiger partial charge in [-0.05, 0) is 12.1 Å². The molecule has 11 heteroatoms. The highest BCUT2D eigenvalue weighted by Gasteiger charge is 2.38. The monoisotopic (exact) mass is 382 g/mol. The molecule has 1 rings (SSSR count). The van der Waals surface area contributed by atoms with Crippen molar-refractivity contribution in [3.8, 4) is 0 Å². The van der Waals surface area contributed by atoms with Crippen LogP contribution in [-0.2, 0) is 0 Å². The number of benzene rings is 1. The van der Waals surface area contributed by atoms with Gasteiger partial charge in [-0.15, -0.1) is 11.8 Å². The maximum absolute atomic E-state index is 13.7. The van der Waals surface area contributed by atoms with E-state index in [0.29, 0.717) is 11.0 Å². The fourth-order valence-electron chi connectivity index (χ4n) is 1.41. The Morgan fingerprint density at radius 2 is 1.74 bits per heavy atom. The van der Waals surface area contributed by atoms with Crippen molar-refractivity contribution in [3.63, 3.8) is 0 Å². The molecule has 130 valence electrons. The van der Waals surface area contributed by atoms with E-state index in [9.17, 15) is 30.7 Å². The van der Waals surface area contributed by atoms with Gasteiger partial charge in [-0.2, -0.15) is 26.3 Å². The minimum Gasteiger partial charge on any atom is -0.359 e. The van der Waals surface area contributed by atoms with Crippen LogP contribution in [-0.4, -0.2) is 42.9 Å². The van der Waals surface area contributed by atoms with Gasteiger partial charge in [-0.1, -0.05) is 11.6 Å². The molecule has 0 aliphatic carbocycles. The fraction of sp³-hybridized carbons (Fsp3) is 0.417. The summed E-state index contributed by atoms with van der Waals surface area (Å²) in [5, 5.41) is -0.339. The zero-order valence-corrected chi connectivity index (χ0v) is 13.3. The van der Waals surface area contributed by atoms with E-state index in [1.54, 1.807) is 0 Å². The van der Waals surface area contributed by atoms with E-state index in [4.69, 9.17) is 11.6 Å². The van der Waals surface area contributed by atoms with Crippen LogP contribution in [0.5, 0.6) is 0 Å². The SMILES string of the molecule is CN(C)C(=Nc1cc(SCC(F)(F)F)c(Cl)cc1F)C(F)(F)F. The van der Waals surface area contributed by atoms with Crippen LogP contribution in [0.2, 0.25) is 5.02 Å². The van der Waals surface area contributed by atoms with E-state index in [1.165, 1.54) is 0 Å². The zero-order chi connectivity index (χ0) is 18.0. The van der Waals surface area contributed by atoms with Gasteiger partial charge in [0.15, 0.2) is 0 Å². The lowest BCUT2D eigenvalue weighted by molar-refractivity contribution is -0.105. The van der Waals surface area contributed by atoms with Crippen molar-refractivity contribution in [2.45, 2.75) is 17.2 Å². The first-order valence-electron chi connectivity index (χ1n) is 5.83. The highest BCUT2D eigenvalue weighted by atomic mass is 35.5. The number of hydrogen-bond acceptors (Lipinski definition) is 2. The number of nitrogens with zero attached hydrogens (tertiary/aromatic N) is 2. The minimum atomic E-state index is -4.85. The van der Waals surface area contributed by atoms with Crippen molar-refractivity contribution in [2.24, 2.45) is 4.99 Å². The lowest BCUT2D eigenvalue weighted by Gasteiger charge is -2.18. The van der Waals surface area contributed by atoms with Gasteiger partial charge >= 0.3 is 12.4 Å². The Morgan fingerprint density at radius 1 is 1.17 bits per heavy atom. The van der Waals surface area contributed by atoms with Gasteiger partial charge in [0.25, 0.3) is 0 Å². The largest absolute Gasteiger partial charge is 0.449 e. The molecule has 0 saturated carbocycles. The summed E-state index contributed by atoms with van der Waals surface area (Å²) in [7, 11) is 2.11. The standard InChI is InChI=1S/C12H10ClF7N2S/c1-22(2)10(12(18,19)20)21-8-4-9(6(13)3-7(8)14)23-5-11(15,16)17/h3-4H,5H2,1-2H3. The average Bonchev–Trinajstić information content (AvgIpc) is 2.33. The second kappa shape index (κ2) is 7.16. The van der Waals surface area contributed by atoms with Crippen LogP contribution in [0.4, 0.5) is 36.4 Å². The van der Waals surface area contributed by atoms with E-state index in [2.05, 4.69) is 4.99 Å². The molecule has 0 N–H and O–H groups in total. The molecule has 0 fully saturated rings. The molecule has 0 atom stereocenters. The van der Waals surface area contributed by atoms with Crippen LogP contribution in [0.15, 0.2) is 22.0 Å². The molecule has 0 heterocycles. The Bertz CT molecular complexity index is 596. The molecule has 0 spiro atoms. The summed E-state index contributed by atoms with van der Waals surface area (Å²) in [6.45, 7) is 0. The maximum Gasteiger partial charge on any atom is 0.449 e. The van der Waals surface area contributed by atoms with E-state index in [-0.39, 0.29) is 21.7 Å². The van der Waals surface area contributed by atoms with Gasteiger partial charge in [0.05, 0.1) is 10.8 Å². The van der Waals surface area contributed by atoms with Gasteiger partial charge < -0.3 is 4.90 Å². The maximum atomic E-state index is 13.7. The van der Waals surface area contributed by atoms with Crippen molar-refractivity contribution < 1.29 is 30.7 Å². The molecule has 0 aliphatic heterocycles. The molecule has 0 unspecified atom stereocenters. The fourth-order valence-corrected chi connectivity index (χ4v) is 2.43. The summed E-state index contributed by atoms with van der Waals surface area (Å²) in [6.07, 6.45) is -9.36. The van der Waals surface area contributed by atoms with Crippen LogP contribution < -0.4 is 0 Å². The lowest BCUT2D eigenvalue weighted by atomic mass is 10.3. The first kappa shape index (κ1) is 19.9. The van der Waals surface area contributed by atoms with Crippen molar-refractivity contribution in [1.29, 1.82) is 0 Å². The Hall–Kier alpha value is -1.16. The summed E-state index contributed by atoms with van der Waals surface area (Å²) in [6, 6.07) is 1.38. The molecule has 0 amide bonds. The third-order valence-corrected chi connectivity index (χ3v) is 3.84. The normalized spacial score (nSPS) is 13.4. The number of amidine groups is 1. The van der Waals surface area contributed by atoms with Crippen LogP contribution >= 0.6 is 23.4 Å². The number of halogens is 8. The van der Waals surface area contributed by atoms with Crippen molar-refractivity contribution >= 4 is 34.9 Å².